The minimum atomic E-state index is -2.75. The number of aliphatic hydroxyl groups is 1. The lowest BCUT2D eigenvalue weighted by molar-refractivity contribution is -0.111. The second-order valence-corrected chi connectivity index (χ2v) is 9.97. The molecular formula is C27H35ClF2N6O5. The highest BCUT2D eigenvalue weighted by Crippen LogP contribution is 2.34. The number of rotatable bonds is 11. The van der Waals surface area contributed by atoms with Crippen molar-refractivity contribution < 1.29 is 33.0 Å². The molecule has 0 unspecified atom stereocenters. The first-order valence-corrected chi connectivity index (χ1v) is 13.4. The lowest BCUT2D eigenvalue weighted by atomic mass is 10.0. The Labute approximate surface area is 242 Å². The molecule has 1 amide bonds. The van der Waals surface area contributed by atoms with E-state index in [9.17, 15) is 23.5 Å². The van der Waals surface area contributed by atoms with Gasteiger partial charge in [-0.1, -0.05) is 11.6 Å². The van der Waals surface area contributed by atoms with Gasteiger partial charge in [0.25, 0.3) is 6.43 Å². The number of ether oxygens (including phenoxy) is 2. The van der Waals surface area contributed by atoms with E-state index >= 15 is 0 Å². The third-order valence-electron chi connectivity index (χ3n) is 6.33. The minimum Gasteiger partial charge on any atom is -0.491 e. The molecule has 11 nitrogen and oxygen atoms in total. The van der Waals surface area contributed by atoms with Gasteiger partial charge in [-0.05, 0) is 46.0 Å². The molecule has 0 bridgehead atoms. The van der Waals surface area contributed by atoms with Crippen LogP contribution in [-0.4, -0.2) is 97.4 Å². The number of hydrogen-bond donors (Lipinski definition) is 3. The predicted molar refractivity (Wildman–Crippen MR) is 151 cm³/mol. The van der Waals surface area contributed by atoms with Gasteiger partial charge in [-0.2, -0.15) is 0 Å². The monoisotopic (exact) mass is 596 g/mol. The number of anilines is 1. The van der Waals surface area contributed by atoms with Crippen molar-refractivity contribution in [3.8, 4) is 17.1 Å². The lowest BCUT2D eigenvalue weighted by Gasteiger charge is -2.35. The second kappa shape index (κ2) is 14.4. The van der Waals surface area contributed by atoms with Gasteiger partial charge in [0, 0.05) is 49.5 Å². The van der Waals surface area contributed by atoms with Gasteiger partial charge >= 0.3 is 6.09 Å². The molecule has 1 aromatic carbocycles. The number of alkyl halides is 2. The van der Waals surface area contributed by atoms with E-state index in [1.54, 1.807) is 39.1 Å². The number of nitrogens with one attached hydrogen (secondary N) is 1. The van der Waals surface area contributed by atoms with Gasteiger partial charge in [0.15, 0.2) is 18.2 Å². The number of hydrogen-bond acceptors (Lipinski definition) is 10. The van der Waals surface area contributed by atoms with Crippen LogP contribution in [0, 0.1) is 6.92 Å². The SMILES string of the molecule is CNC[C@@H](O)COc1ccc(Cl)c(-c2nc(C(C(C)=O)=C(C)N)c(C)c(N3CCN(C(=O)OCC(F)F)CC3)n2)c1. The third-order valence-corrected chi connectivity index (χ3v) is 6.66. The molecule has 0 aliphatic carbocycles. The number of carbonyl (C=O) groups is 2. The zero-order valence-electron chi connectivity index (χ0n) is 23.4. The van der Waals surface area contributed by atoms with Crippen molar-refractivity contribution in [3.05, 3.63) is 40.2 Å². The van der Waals surface area contributed by atoms with Crippen LogP contribution in [0.2, 0.25) is 5.02 Å². The Morgan fingerprint density at radius 2 is 1.85 bits per heavy atom. The summed E-state index contributed by atoms with van der Waals surface area (Å²) in [6.45, 7) is 5.27. The molecule has 4 N–H and O–H groups in total. The standard InChI is InChI=1S/C27H35ClF2N6O5/c1-15-24(23(16(2)31)17(3)37)33-25(20-11-19(5-6-21(20)28)40-13-18(38)12-32-4)34-26(15)35-7-9-36(10-8-35)27(39)41-14-22(29)30/h5-6,11,18,22,32,38H,7-10,12-14,31H2,1-4H3/t18-/m1/s1. The Kier molecular flexibility index (Phi) is 11.2. The van der Waals surface area contributed by atoms with E-state index in [0.717, 1.165) is 0 Å². The van der Waals surface area contributed by atoms with Crippen LogP contribution in [-0.2, 0) is 9.53 Å². The molecule has 1 fully saturated rings. The zero-order valence-corrected chi connectivity index (χ0v) is 24.2. The molecule has 2 heterocycles. The summed E-state index contributed by atoms with van der Waals surface area (Å²) in [6.07, 6.45) is -4.28. The number of aromatic nitrogens is 2. The summed E-state index contributed by atoms with van der Waals surface area (Å²) in [5.41, 5.74) is 7.98. The number of nitrogens with two attached hydrogens (primary N) is 1. The van der Waals surface area contributed by atoms with Crippen LogP contribution in [0.1, 0.15) is 25.1 Å². The van der Waals surface area contributed by atoms with E-state index in [0.29, 0.717) is 53.0 Å². The molecule has 0 spiro atoms. The van der Waals surface area contributed by atoms with E-state index in [4.69, 9.17) is 32.0 Å². The number of piperazine rings is 1. The van der Waals surface area contributed by atoms with Gasteiger partial charge < -0.3 is 35.4 Å². The van der Waals surface area contributed by atoms with E-state index < -0.39 is 25.2 Å². The Morgan fingerprint density at radius 1 is 1.17 bits per heavy atom. The summed E-state index contributed by atoms with van der Waals surface area (Å²) < 4.78 is 35.3. The average molecular weight is 597 g/mol. The van der Waals surface area contributed by atoms with Gasteiger partial charge in [-0.3, -0.25) is 4.79 Å². The van der Waals surface area contributed by atoms with Crippen LogP contribution < -0.4 is 20.7 Å². The van der Waals surface area contributed by atoms with Gasteiger partial charge in [0.2, 0.25) is 0 Å². The topological polar surface area (TPSA) is 143 Å². The number of carbonyl (C=O) groups excluding carboxylic acids is 2. The molecule has 0 radical (unpaired) electrons. The van der Waals surface area contributed by atoms with Crippen LogP contribution in [0.5, 0.6) is 5.75 Å². The number of ketones is 1. The van der Waals surface area contributed by atoms with Gasteiger partial charge in [0.1, 0.15) is 24.3 Å². The molecular weight excluding hydrogens is 562 g/mol. The van der Waals surface area contributed by atoms with Gasteiger partial charge in [-0.15, -0.1) is 0 Å². The highest BCUT2D eigenvalue weighted by Gasteiger charge is 2.28. The summed E-state index contributed by atoms with van der Waals surface area (Å²) >= 11 is 6.56. The Bertz CT molecular complexity index is 1280. The number of nitrogens with zero attached hydrogens (tertiary/aromatic N) is 4. The van der Waals surface area contributed by atoms with Crippen molar-refractivity contribution in [2.75, 3.05) is 57.9 Å². The van der Waals surface area contributed by atoms with E-state index in [1.807, 2.05) is 4.90 Å². The van der Waals surface area contributed by atoms with Crippen molar-refractivity contribution >= 4 is 34.9 Å². The maximum Gasteiger partial charge on any atom is 0.410 e. The fourth-order valence-corrected chi connectivity index (χ4v) is 4.59. The van der Waals surface area contributed by atoms with Crippen LogP contribution in [0.25, 0.3) is 17.0 Å². The Morgan fingerprint density at radius 3 is 2.44 bits per heavy atom. The summed E-state index contributed by atoms with van der Waals surface area (Å²) in [6, 6.07) is 4.93. The van der Waals surface area contributed by atoms with E-state index in [-0.39, 0.29) is 42.6 Å². The molecule has 1 saturated heterocycles. The molecule has 224 valence electrons. The number of benzene rings is 1. The zero-order chi connectivity index (χ0) is 30.3. The smallest absolute Gasteiger partial charge is 0.410 e. The molecule has 14 heteroatoms. The number of likely N-dealkylation sites (N-methyl/N-ethyl adjacent to an activating group) is 1. The number of Topliss-reactive ketones (excluding diaryl/α,β-unsaturated/α-hetero) is 1. The normalized spacial score (nSPS) is 15.0. The molecule has 2 aromatic rings. The summed E-state index contributed by atoms with van der Waals surface area (Å²) in [5, 5.41) is 13.2. The predicted octanol–water partition coefficient (Wildman–Crippen LogP) is 2.87. The second-order valence-electron chi connectivity index (χ2n) is 9.56. The first kappa shape index (κ1) is 32.0. The maximum absolute atomic E-state index is 12.6. The fourth-order valence-electron chi connectivity index (χ4n) is 4.39. The Balaban J connectivity index is 2.01. The largest absolute Gasteiger partial charge is 0.491 e. The van der Waals surface area contributed by atoms with E-state index in [2.05, 4.69) is 10.1 Å². The molecule has 0 saturated carbocycles. The molecule has 1 aliphatic rings. The molecule has 1 atom stereocenters. The average Bonchev–Trinajstić information content (AvgIpc) is 2.92. The first-order chi connectivity index (χ1) is 19.4. The van der Waals surface area contributed by atoms with Crippen molar-refractivity contribution in [1.29, 1.82) is 0 Å². The lowest BCUT2D eigenvalue weighted by Crippen LogP contribution is -2.49. The summed E-state index contributed by atoms with van der Waals surface area (Å²) in [5.74, 6) is 0.861. The van der Waals surface area contributed by atoms with Gasteiger partial charge in [-0.25, -0.2) is 23.5 Å². The van der Waals surface area contributed by atoms with Crippen molar-refractivity contribution in [3.63, 3.8) is 0 Å². The fraction of sp³-hybridized carbons (Fsp3) is 0.481. The third kappa shape index (κ3) is 8.24. The first-order valence-electron chi connectivity index (χ1n) is 13.0. The van der Waals surface area contributed by atoms with Crippen molar-refractivity contribution in [2.24, 2.45) is 5.73 Å². The number of amides is 1. The molecule has 41 heavy (non-hydrogen) atoms. The quantitative estimate of drug-likeness (QED) is 0.331. The Hall–Kier alpha value is -3.55. The number of halogens is 3. The molecule has 3 rings (SSSR count). The summed E-state index contributed by atoms with van der Waals surface area (Å²) in [7, 11) is 1.72. The molecule has 1 aliphatic heterocycles. The maximum atomic E-state index is 12.6. The van der Waals surface area contributed by atoms with Crippen LogP contribution >= 0.6 is 11.6 Å². The number of aliphatic hydroxyl groups excluding tert-OH is 1. The van der Waals surface area contributed by atoms with Crippen LogP contribution in [0.4, 0.5) is 19.4 Å². The summed E-state index contributed by atoms with van der Waals surface area (Å²) in [4.78, 5) is 37.5. The van der Waals surface area contributed by atoms with Crippen LogP contribution in [0.15, 0.2) is 23.9 Å². The van der Waals surface area contributed by atoms with Crippen molar-refractivity contribution in [1.82, 2.24) is 20.2 Å². The van der Waals surface area contributed by atoms with Crippen LogP contribution in [0.3, 0.4) is 0 Å². The highest BCUT2D eigenvalue weighted by atomic mass is 35.5. The molecule has 1 aromatic heterocycles. The minimum absolute atomic E-state index is 0.0424. The highest BCUT2D eigenvalue weighted by molar-refractivity contribution is 6.33. The van der Waals surface area contributed by atoms with E-state index in [1.165, 1.54) is 11.8 Å². The van der Waals surface area contributed by atoms with Crippen molar-refractivity contribution in [2.45, 2.75) is 33.3 Å². The van der Waals surface area contributed by atoms with Gasteiger partial charge in [0.05, 0.1) is 16.3 Å². The number of allylic oxidation sites excluding steroid dienone is 2.